The second kappa shape index (κ2) is 2.86. The topological polar surface area (TPSA) is 0 Å². The summed E-state index contributed by atoms with van der Waals surface area (Å²) >= 11 is 0. The molecule has 0 aromatic carbocycles. The second-order valence-electron chi connectivity index (χ2n) is 2.59. The van der Waals surface area contributed by atoms with Crippen LogP contribution >= 0.6 is 0 Å². The van der Waals surface area contributed by atoms with E-state index >= 15 is 0 Å². The zero-order valence-electron chi connectivity index (χ0n) is 6.28. The molecule has 1 aliphatic rings. The molecule has 0 amide bonds. The standard InChI is InChI=1S/C9H14/c1-3-8(2)9-6-4-5-7-9/h3,6H,4-5,7H2,1-2H3/b8-3-. The van der Waals surface area contributed by atoms with Gasteiger partial charge in [0.05, 0.1) is 0 Å². The van der Waals surface area contributed by atoms with Gasteiger partial charge < -0.3 is 0 Å². The summed E-state index contributed by atoms with van der Waals surface area (Å²) in [6.45, 7) is 4.30. The van der Waals surface area contributed by atoms with Gasteiger partial charge in [0, 0.05) is 0 Å². The largest absolute Gasteiger partial charge is 0.0845 e. The maximum atomic E-state index is 2.36. The monoisotopic (exact) mass is 122 g/mol. The van der Waals surface area contributed by atoms with Gasteiger partial charge in [-0.25, -0.2) is 0 Å². The number of allylic oxidation sites excluding steroid dienone is 4. The van der Waals surface area contributed by atoms with E-state index in [4.69, 9.17) is 0 Å². The molecule has 0 radical (unpaired) electrons. The summed E-state index contributed by atoms with van der Waals surface area (Å²) in [7, 11) is 0. The smallest absolute Gasteiger partial charge is 0.0277 e. The Hall–Kier alpha value is -0.520. The van der Waals surface area contributed by atoms with Gasteiger partial charge in [0.15, 0.2) is 0 Å². The van der Waals surface area contributed by atoms with Crippen LogP contribution in [0.1, 0.15) is 33.1 Å². The highest BCUT2D eigenvalue weighted by Crippen LogP contribution is 2.23. The molecule has 0 heterocycles. The van der Waals surface area contributed by atoms with Crippen LogP contribution in [0.3, 0.4) is 0 Å². The Labute approximate surface area is 57.3 Å². The second-order valence-corrected chi connectivity index (χ2v) is 2.59. The highest BCUT2D eigenvalue weighted by Gasteiger charge is 2.03. The lowest BCUT2D eigenvalue weighted by Gasteiger charge is -1.97. The molecule has 0 unspecified atom stereocenters. The summed E-state index contributed by atoms with van der Waals surface area (Å²) in [6, 6.07) is 0. The van der Waals surface area contributed by atoms with Crippen molar-refractivity contribution in [1.29, 1.82) is 0 Å². The average Bonchev–Trinajstić information content (AvgIpc) is 2.37. The van der Waals surface area contributed by atoms with Gasteiger partial charge in [0.2, 0.25) is 0 Å². The maximum Gasteiger partial charge on any atom is -0.0277 e. The van der Waals surface area contributed by atoms with E-state index in [1.807, 2.05) is 0 Å². The fourth-order valence-electron chi connectivity index (χ4n) is 1.21. The van der Waals surface area contributed by atoms with Crippen LogP contribution in [0.2, 0.25) is 0 Å². The Morgan fingerprint density at radius 2 is 2.44 bits per heavy atom. The molecule has 0 saturated carbocycles. The first kappa shape index (κ1) is 6.60. The van der Waals surface area contributed by atoms with Crippen LogP contribution in [0, 0.1) is 0 Å². The van der Waals surface area contributed by atoms with Crippen molar-refractivity contribution in [1.82, 2.24) is 0 Å². The zero-order valence-corrected chi connectivity index (χ0v) is 6.28. The molecule has 0 N–H and O–H groups in total. The molecular formula is C9H14. The molecular weight excluding hydrogens is 108 g/mol. The van der Waals surface area contributed by atoms with E-state index in [0.29, 0.717) is 0 Å². The molecule has 9 heavy (non-hydrogen) atoms. The lowest BCUT2D eigenvalue weighted by molar-refractivity contribution is 0.909. The van der Waals surface area contributed by atoms with Gasteiger partial charge in [0.25, 0.3) is 0 Å². The molecule has 0 bridgehead atoms. The van der Waals surface area contributed by atoms with E-state index < -0.39 is 0 Å². The Bertz CT molecular complexity index is 149. The highest BCUT2D eigenvalue weighted by atomic mass is 14.1. The van der Waals surface area contributed by atoms with Gasteiger partial charge >= 0.3 is 0 Å². The van der Waals surface area contributed by atoms with E-state index in [-0.39, 0.29) is 0 Å². The van der Waals surface area contributed by atoms with Gasteiger partial charge in [-0.1, -0.05) is 17.7 Å². The van der Waals surface area contributed by atoms with Crippen LogP contribution in [-0.4, -0.2) is 0 Å². The van der Waals surface area contributed by atoms with Crippen LogP contribution in [0.5, 0.6) is 0 Å². The van der Waals surface area contributed by atoms with E-state index in [1.165, 1.54) is 24.8 Å². The van der Waals surface area contributed by atoms with E-state index in [0.717, 1.165) is 0 Å². The number of rotatable bonds is 1. The number of hydrogen-bond acceptors (Lipinski definition) is 0. The summed E-state index contributed by atoms with van der Waals surface area (Å²) in [6.07, 6.45) is 8.50. The molecule has 0 aromatic rings. The molecule has 0 aromatic heterocycles. The van der Waals surface area contributed by atoms with Crippen molar-refractivity contribution in [3.8, 4) is 0 Å². The summed E-state index contributed by atoms with van der Waals surface area (Å²) in [4.78, 5) is 0. The van der Waals surface area contributed by atoms with Crippen molar-refractivity contribution in [3.05, 3.63) is 23.3 Å². The van der Waals surface area contributed by atoms with E-state index in [2.05, 4.69) is 26.0 Å². The highest BCUT2D eigenvalue weighted by molar-refractivity contribution is 5.30. The van der Waals surface area contributed by atoms with Crippen LogP contribution in [0.15, 0.2) is 23.3 Å². The van der Waals surface area contributed by atoms with Crippen molar-refractivity contribution < 1.29 is 0 Å². The summed E-state index contributed by atoms with van der Waals surface area (Å²) in [5, 5.41) is 0. The third-order valence-electron chi connectivity index (χ3n) is 1.98. The van der Waals surface area contributed by atoms with Crippen LogP contribution in [0.25, 0.3) is 0 Å². The molecule has 0 atom stereocenters. The molecule has 50 valence electrons. The van der Waals surface area contributed by atoms with Crippen molar-refractivity contribution >= 4 is 0 Å². The first-order valence-electron chi connectivity index (χ1n) is 3.67. The third kappa shape index (κ3) is 1.44. The summed E-state index contributed by atoms with van der Waals surface area (Å²) in [5.41, 5.74) is 3.03. The summed E-state index contributed by atoms with van der Waals surface area (Å²) in [5.74, 6) is 0. The Morgan fingerprint density at radius 3 is 2.89 bits per heavy atom. The SMILES string of the molecule is C/C=C(/C)C1=CCCC1. The van der Waals surface area contributed by atoms with Gasteiger partial charge in [-0.15, -0.1) is 0 Å². The summed E-state index contributed by atoms with van der Waals surface area (Å²) < 4.78 is 0. The Kier molecular flexibility index (Phi) is 2.10. The van der Waals surface area contributed by atoms with Crippen LogP contribution in [-0.2, 0) is 0 Å². The van der Waals surface area contributed by atoms with Crippen molar-refractivity contribution in [2.45, 2.75) is 33.1 Å². The van der Waals surface area contributed by atoms with Crippen molar-refractivity contribution in [3.63, 3.8) is 0 Å². The van der Waals surface area contributed by atoms with Crippen LogP contribution < -0.4 is 0 Å². The minimum absolute atomic E-state index is 1.29. The van der Waals surface area contributed by atoms with Gasteiger partial charge in [-0.2, -0.15) is 0 Å². The molecule has 0 heteroatoms. The number of hydrogen-bond donors (Lipinski definition) is 0. The minimum Gasteiger partial charge on any atom is -0.0845 e. The Morgan fingerprint density at radius 1 is 1.67 bits per heavy atom. The molecule has 1 aliphatic carbocycles. The van der Waals surface area contributed by atoms with Gasteiger partial charge in [-0.05, 0) is 38.7 Å². The quantitative estimate of drug-likeness (QED) is 0.501. The molecule has 0 aliphatic heterocycles. The zero-order chi connectivity index (χ0) is 6.69. The molecule has 0 spiro atoms. The van der Waals surface area contributed by atoms with Crippen molar-refractivity contribution in [2.24, 2.45) is 0 Å². The predicted molar refractivity (Wildman–Crippen MR) is 41.4 cm³/mol. The third-order valence-corrected chi connectivity index (χ3v) is 1.98. The predicted octanol–water partition coefficient (Wildman–Crippen LogP) is 3.06. The first-order valence-corrected chi connectivity index (χ1v) is 3.67. The van der Waals surface area contributed by atoms with E-state index in [9.17, 15) is 0 Å². The molecule has 1 rings (SSSR count). The molecule has 0 nitrogen and oxygen atoms in total. The van der Waals surface area contributed by atoms with Crippen LogP contribution in [0.4, 0.5) is 0 Å². The maximum absolute atomic E-state index is 2.36. The lowest BCUT2D eigenvalue weighted by atomic mass is 10.1. The average molecular weight is 122 g/mol. The van der Waals surface area contributed by atoms with Gasteiger partial charge in [-0.3, -0.25) is 0 Å². The van der Waals surface area contributed by atoms with Gasteiger partial charge in [0.1, 0.15) is 0 Å². The molecule has 0 saturated heterocycles. The normalized spacial score (nSPS) is 20.2. The fourth-order valence-corrected chi connectivity index (χ4v) is 1.21. The Balaban J connectivity index is 2.61. The van der Waals surface area contributed by atoms with Crippen molar-refractivity contribution in [2.75, 3.05) is 0 Å². The minimum atomic E-state index is 1.29. The molecule has 0 fully saturated rings. The first-order chi connectivity index (χ1) is 4.34. The fraction of sp³-hybridized carbons (Fsp3) is 0.556. The van der Waals surface area contributed by atoms with E-state index in [1.54, 1.807) is 5.57 Å². The lowest BCUT2D eigenvalue weighted by Crippen LogP contribution is -1.77.